The molecule has 3 aromatic rings. The first-order valence-corrected chi connectivity index (χ1v) is 8.96. The zero-order valence-corrected chi connectivity index (χ0v) is 15.3. The van der Waals surface area contributed by atoms with Crippen molar-refractivity contribution >= 4 is 11.6 Å². The highest BCUT2D eigenvalue weighted by Gasteiger charge is 2.12. The van der Waals surface area contributed by atoms with Crippen LogP contribution in [-0.2, 0) is 24.3 Å². The second-order valence-electron chi connectivity index (χ2n) is 6.46. The molecule has 0 spiro atoms. The Balaban J connectivity index is 1.67. The van der Waals surface area contributed by atoms with Crippen molar-refractivity contribution in [1.29, 1.82) is 0 Å². The number of hydrogen-bond donors (Lipinski definition) is 1. The molecule has 3 aromatic carbocycles. The largest absolute Gasteiger partial charge is 0.288 e. The molecule has 0 fully saturated rings. The number of amides is 1. The Hall–Kier alpha value is -3.51. The zero-order chi connectivity index (χ0) is 19.8. The molecule has 6 heteroatoms. The summed E-state index contributed by atoms with van der Waals surface area (Å²) in [4.78, 5) is 22.8. The normalized spacial score (nSPS) is 10.6. The maximum atomic E-state index is 12.5. The van der Waals surface area contributed by atoms with E-state index in [1.54, 1.807) is 12.1 Å². The molecule has 0 saturated heterocycles. The lowest BCUT2D eigenvalue weighted by Gasteiger charge is -2.23. The van der Waals surface area contributed by atoms with Crippen LogP contribution in [0.3, 0.4) is 0 Å². The van der Waals surface area contributed by atoms with Gasteiger partial charge in [-0.15, -0.1) is 0 Å². The number of nitro groups is 1. The van der Waals surface area contributed by atoms with E-state index in [0.717, 1.165) is 16.7 Å². The highest BCUT2D eigenvalue weighted by atomic mass is 16.6. The number of non-ortho nitro benzene ring substituents is 1. The average molecular weight is 375 g/mol. The van der Waals surface area contributed by atoms with Gasteiger partial charge in [-0.2, -0.15) is 0 Å². The van der Waals surface area contributed by atoms with E-state index < -0.39 is 4.92 Å². The van der Waals surface area contributed by atoms with Crippen molar-refractivity contribution < 1.29 is 9.72 Å². The minimum Gasteiger partial charge on any atom is -0.288 e. The van der Waals surface area contributed by atoms with Crippen molar-refractivity contribution in [3.05, 3.63) is 112 Å². The van der Waals surface area contributed by atoms with Gasteiger partial charge in [-0.25, -0.2) is 5.01 Å². The summed E-state index contributed by atoms with van der Waals surface area (Å²) in [5.74, 6) is -0.166. The minimum absolute atomic E-state index is 0.0129. The molecule has 0 bridgehead atoms. The van der Waals surface area contributed by atoms with Crippen LogP contribution in [0.25, 0.3) is 0 Å². The van der Waals surface area contributed by atoms with Crippen LogP contribution in [0.15, 0.2) is 84.9 Å². The smallest absolute Gasteiger partial charge is 0.269 e. The molecule has 0 saturated carbocycles. The first kappa shape index (κ1) is 19.3. The van der Waals surface area contributed by atoms with Crippen molar-refractivity contribution in [2.24, 2.45) is 0 Å². The summed E-state index contributed by atoms with van der Waals surface area (Å²) in [5.41, 5.74) is 5.88. The predicted molar refractivity (Wildman–Crippen MR) is 107 cm³/mol. The summed E-state index contributed by atoms with van der Waals surface area (Å²) in [6.07, 6.45) is 0.151. The predicted octanol–water partition coefficient (Wildman–Crippen LogP) is 3.87. The number of rotatable bonds is 8. The van der Waals surface area contributed by atoms with Gasteiger partial charge in [0.1, 0.15) is 0 Å². The summed E-state index contributed by atoms with van der Waals surface area (Å²) in [5, 5.41) is 12.6. The van der Waals surface area contributed by atoms with Crippen LogP contribution in [0.1, 0.15) is 16.7 Å². The molecule has 6 nitrogen and oxygen atoms in total. The molecule has 0 unspecified atom stereocenters. The molecule has 0 aromatic heterocycles. The molecular weight excluding hydrogens is 354 g/mol. The van der Waals surface area contributed by atoms with Crippen LogP contribution in [0, 0.1) is 10.1 Å². The Labute approximate surface area is 163 Å². The summed E-state index contributed by atoms with van der Waals surface area (Å²) < 4.78 is 0. The highest BCUT2D eigenvalue weighted by Crippen LogP contribution is 2.13. The lowest BCUT2D eigenvalue weighted by molar-refractivity contribution is -0.384. The summed E-state index contributed by atoms with van der Waals surface area (Å²) >= 11 is 0. The van der Waals surface area contributed by atoms with E-state index in [0.29, 0.717) is 13.1 Å². The Bertz CT molecular complexity index is 871. The third-order valence-electron chi connectivity index (χ3n) is 4.23. The minimum atomic E-state index is -0.453. The van der Waals surface area contributed by atoms with E-state index in [1.165, 1.54) is 12.1 Å². The molecule has 0 aliphatic carbocycles. The van der Waals surface area contributed by atoms with Crippen LogP contribution >= 0.6 is 0 Å². The number of nitrogens with zero attached hydrogens (tertiary/aromatic N) is 2. The number of nitro benzene ring substituents is 1. The SMILES string of the molecule is O=C(Cc1ccc([N+](=O)[O-])cc1)NN(Cc1ccccc1)Cc1ccccc1. The summed E-state index contributed by atoms with van der Waals surface area (Å²) in [6, 6.07) is 25.9. The van der Waals surface area contributed by atoms with Crippen LogP contribution in [-0.4, -0.2) is 15.8 Å². The molecule has 28 heavy (non-hydrogen) atoms. The van der Waals surface area contributed by atoms with Gasteiger partial charge in [-0.1, -0.05) is 72.8 Å². The zero-order valence-electron chi connectivity index (χ0n) is 15.3. The Morgan fingerprint density at radius 3 is 1.75 bits per heavy atom. The molecule has 0 radical (unpaired) electrons. The van der Waals surface area contributed by atoms with Crippen molar-refractivity contribution in [2.75, 3.05) is 0 Å². The fourth-order valence-electron chi connectivity index (χ4n) is 2.88. The molecule has 1 amide bonds. The third kappa shape index (κ3) is 5.75. The van der Waals surface area contributed by atoms with E-state index in [-0.39, 0.29) is 18.0 Å². The topological polar surface area (TPSA) is 75.5 Å². The Morgan fingerprint density at radius 2 is 1.29 bits per heavy atom. The first-order valence-electron chi connectivity index (χ1n) is 8.96. The maximum absolute atomic E-state index is 12.5. The Morgan fingerprint density at radius 1 is 0.786 bits per heavy atom. The molecule has 0 atom stereocenters. The van der Waals surface area contributed by atoms with Gasteiger partial charge < -0.3 is 0 Å². The number of hydrazine groups is 1. The second kappa shape index (κ2) is 9.43. The number of carbonyl (C=O) groups excluding carboxylic acids is 1. The number of hydrogen-bond acceptors (Lipinski definition) is 4. The maximum Gasteiger partial charge on any atom is 0.269 e. The number of carbonyl (C=O) groups is 1. The van der Waals surface area contributed by atoms with Crippen molar-refractivity contribution in [3.63, 3.8) is 0 Å². The van der Waals surface area contributed by atoms with Crippen molar-refractivity contribution in [3.8, 4) is 0 Å². The van der Waals surface area contributed by atoms with Gasteiger partial charge in [0.2, 0.25) is 5.91 Å². The molecule has 0 aliphatic heterocycles. The number of benzene rings is 3. The fraction of sp³-hybridized carbons (Fsp3) is 0.136. The number of nitrogens with one attached hydrogen (secondary N) is 1. The van der Waals surface area contributed by atoms with Crippen LogP contribution in [0.4, 0.5) is 5.69 Å². The van der Waals surface area contributed by atoms with E-state index in [1.807, 2.05) is 65.7 Å². The van der Waals surface area contributed by atoms with E-state index in [9.17, 15) is 14.9 Å². The van der Waals surface area contributed by atoms with Crippen molar-refractivity contribution in [2.45, 2.75) is 19.5 Å². The quantitative estimate of drug-likeness (QED) is 0.479. The van der Waals surface area contributed by atoms with Gasteiger partial charge in [-0.05, 0) is 16.7 Å². The van der Waals surface area contributed by atoms with Gasteiger partial charge in [0, 0.05) is 25.2 Å². The lowest BCUT2D eigenvalue weighted by atomic mass is 10.1. The van der Waals surface area contributed by atoms with Crippen LogP contribution < -0.4 is 5.43 Å². The Kier molecular flexibility index (Phi) is 6.49. The fourth-order valence-corrected chi connectivity index (χ4v) is 2.88. The lowest BCUT2D eigenvalue weighted by Crippen LogP contribution is -2.42. The van der Waals surface area contributed by atoms with E-state index >= 15 is 0 Å². The standard InChI is InChI=1S/C22H21N3O3/c26-22(15-18-11-13-21(14-12-18)25(27)28)23-24(16-19-7-3-1-4-8-19)17-20-9-5-2-6-10-20/h1-14H,15-17H2,(H,23,26). The van der Waals surface area contributed by atoms with Gasteiger partial charge in [0.05, 0.1) is 11.3 Å². The first-order chi connectivity index (χ1) is 13.6. The van der Waals surface area contributed by atoms with Crippen LogP contribution in [0.2, 0.25) is 0 Å². The monoisotopic (exact) mass is 375 g/mol. The summed E-state index contributed by atoms with van der Waals surface area (Å²) in [6.45, 7) is 1.14. The average Bonchev–Trinajstić information content (AvgIpc) is 2.70. The third-order valence-corrected chi connectivity index (χ3v) is 4.23. The van der Waals surface area contributed by atoms with Gasteiger partial charge in [0.25, 0.3) is 5.69 Å². The molecule has 0 aliphatic rings. The van der Waals surface area contributed by atoms with Gasteiger partial charge in [0.15, 0.2) is 0 Å². The molecule has 1 N–H and O–H groups in total. The molecule has 0 heterocycles. The molecule has 3 rings (SSSR count). The van der Waals surface area contributed by atoms with Gasteiger partial charge >= 0.3 is 0 Å². The highest BCUT2D eigenvalue weighted by molar-refractivity contribution is 5.78. The summed E-state index contributed by atoms with van der Waals surface area (Å²) in [7, 11) is 0. The van der Waals surface area contributed by atoms with E-state index in [2.05, 4.69) is 5.43 Å². The van der Waals surface area contributed by atoms with E-state index in [4.69, 9.17) is 0 Å². The molecule has 142 valence electrons. The van der Waals surface area contributed by atoms with Crippen LogP contribution in [0.5, 0.6) is 0 Å². The second-order valence-corrected chi connectivity index (χ2v) is 6.46. The van der Waals surface area contributed by atoms with Crippen molar-refractivity contribution in [1.82, 2.24) is 10.4 Å². The molecular formula is C22H21N3O3. The van der Waals surface area contributed by atoms with Gasteiger partial charge in [-0.3, -0.25) is 20.3 Å².